The number of ether oxygens (including phenoxy) is 3. The van der Waals surface area contributed by atoms with Gasteiger partial charge in [-0.3, -0.25) is 0 Å². The lowest BCUT2D eigenvalue weighted by atomic mass is 10.1. The van der Waals surface area contributed by atoms with Crippen molar-refractivity contribution in [1.29, 1.82) is 0 Å². The van der Waals surface area contributed by atoms with Crippen LogP contribution in [0.2, 0.25) is 0 Å². The molecule has 0 saturated heterocycles. The van der Waals surface area contributed by atoms with Crippen LogP contribution in [0, 0.1) is 0 Å². The van der Waals surface area contributed by atoms with Crippen molar-refractivity contribution in [2.45, 2.75) is 58.2 Å². The number of hydrogen-bond donors (Lipinski definition) is 1. The Hall–Kier alpha value is -3.24. The second kappa shape index (κ2) is 15.4. The average Bonchev–Trinajstić information content (AvgIpc) is 2.90. The van der Waals surface area contributed by atoms with Crippen molar-refractivity contribution in [1.82, 2.24) is 0 Å². The smallest absolute Gasteiger partial charge is 0.416 e. The predicted molar refractivity (Wildman–Crippen MR) is 138 cm³/mol. The molecule has 0 heterocycles. The molecule has 2 N–H and O–H groups in total. The molecule has 0 fully saturated rings. The van der Waals surface area contributed by atoms with Gasteiger partial charge in [0.25, 0.3) is 0 Å². The van der Waals surface area contributed by atoms with Gasteiger partial charge in [-0.1, -0.05) is 38.1 Å². The summed E-state index contributed by atoms with van der Waals surface area (Å²) in [6, 6.07) is 16.6. The van der Waals surface area contributed by atoms with E-state index in [0.29, 0.717) is 43.4 Å². The lowest BCUT2D eigenvalue weighted by Crippen LogP contribution is -2.10. The molecule has 0 aromatic heterocycles. The molecule has 0 amide bonds. The Morgan fingerprint density at radius 2 is 1.23 bits per heavy atom. The van der Waals surface area contributed by atoms with Crippen LogP contribution in [0.15, 0.2) is 72.8 Å². The van der Waals surface area contributed by atoms with E-state index >= 15 is 0 Å². The summed E-state index contributed by atoms with van der Waals surface area (Å²) in [5, 5.41) is 0. The largest absolute Gasteiger partial charge is 0.490 e. The minimum atomic E-state index is -4.36. The predicted octanol–water partition coefficient (Wildman–Crippen LogP) is 8.64. The normalized spacial score (nSPS) is 11.6. The topological polar surface area (TPSA) is 53.7 Å². The van der Waals surface area contributed by atoms with Crippen molar-refractivity contribution in [2.24, 2.45) is 5.73 Å². The van der Waals surface area contributed by atoms with Crippen molar-refractivity contribution in [2.75, 3.05) is 13.2 Å². The van der Waals surface area contributed by atoms with Crippen LogP contribution in [-0.4, -0.2) is 19.3 Å². The fraction of sp³-hybridized carbons (Fsp3) is 0.379. The zero-order chi connectivity index (χ0) is 28.9. The number of benzene rings is 3. The molecule has 3 aromatic carbocycles. The molecule has 39 heavy (non-hydrogen) atoms. The summed E-state index contributed by atoms with van der Waals surface area (Å²) < 4.78 is 91.2. The first-order valence-electron chi connectivity index (χ1n) is 12.5. The molecular weight excluding hydrogens is 524 g/mol. The van der Waals surface area contributed by atoms with Crippen molar-refractivity contribution in [3.63, 3.8) is 0 Å². The number of halogens is 6. The van der Waals surface area contributed by atoms with Gasteiger partial charge in [0.15, 0.2) is 11.5 Å². The highest BCUT2D eigenvalue weighted by Crippen LogP contribution is 2.34. The average molecular weight is 558 g/mol. The van der Waals surface area contributed by atoms with Gasteiger partial charge in [-0.2, -0.15) is 26.3 Å². The molecule has 214 valence electrons. The molecule has 0 aliphatic heterocycles. The summed E-state index contributed by atoms with van der Waals surface area (Å²) in [4.78, 5) is 0. The third-order valence-corrected chi connectivity index (χ3v) is 5.54. The van der Waals surface area contributed by atoms with Crippen LogP contribution in [0.1, 0.15) is 49.8 Å². The van der Waals surface area contributed by atoms with Gasteiger partial charge in [-0.15, -0.1) is 0 Å². The molecule has 0 bridgehead atoms. The van der Waals surface area contributed by atoms with Crippen LogP contribution in [0.3, 0.4) is 0 Å². The van der Waals surface area contributed by atoms with Crippen LogP contribution in [0.4, 0.5) is 26.3 Å². The zero-order valence-electron chi connectivity index (χ0n) is 21.8. The van der Waals surface area contributed by atoms with E-state index in [4.69, 9.17) is 19.9 Å². The monoisotopic (exact) mass is 557 g/mol. The molecule has 10 heteroatoms. The minimum absolute atomic E-state index is 0.178. The second-order valence-electron chi connectivity index (χ2n) is 8.51. The van der Waals surface area contributed by atoms with Gasteiger partial charge in [-0.25, -0.2) is 0 Å². The van der Waals surface area contributed by atoms with E-state index < -0.39 is 23.5 Å². The minimum Gasteiger partial charge on any atom is -0.490 e. The van der Waals surface area contributed by atoms with Crippen molar-refractivity contribution in [3.8, 4) is 17.2 Å². The number of nitrogens with two attached hydrogens (primary N) is 1. The quantitative estimate of drug-likeness (QED) is 0.189. The Bertz CT molecular complexity index is 1100. The fourth-order valence-corrected chi connectivity index (χ4v) is 3.29. The summed E-state index contributed by atoms with van der Waals surface area (Å²) in [6.45, 7) is 5.39. The van der Waals surface area contributed by atoms with Gasteiger partial charge < -0.3 is 19.9 Å². The van der Waals surface area contributed by atoms with E-state index in [1.807, 2.05) is 13.8 Å². The van der Waals surface area contributed by atoms with E-state index in [1.54, 1.807) is 24.3 Å². The standard InChI is InChI=1S/C16H16F3NO2.C13H17F3O/c17-16(18,19)12-6-8-13(9-7-12)22-15-5-2-1-4-14(15)21-11-3-10-20;1-3-12(4-2)17-9-10-5-7-11(8-6-10)13(14,15)16/h1-2,4-9H,3,10-11,20H2;5-8,12H,3-4,9H2,1-2H3. The van der Waals surface area contributed by atoms with Gasteiger partial charge in [0.05, 0.1) is 30.4 Å². The van der Waals surface area contributed by atoms with Crippen LogP contribution >= 0.6 is 0 Å². The van der Waals surface area contributed by atoms with E-state index in [1.165, 1.54) is 24.3 Å². The SMILES string of the molecule is CCC(CC)OCc1ccc(C(F)(F)F)cc1.NCCCOc1ccccc1Oc1ccc(C(F)(F)F)cc1. The Labute approximate surface area is 224 Å². The molecule has 0 spiro atoms. The molecule has 0 saturated carbocycles. The number of hydrogen-bond acceptors (Lipinski definition) is 4. The van der Waals surface area contributed by atoms with E-state index in [9.17, 15) is 26.3 Å². The first kappa shape index (κ1) is 32.0. The third-order valence-electron chi connectivity index (χ3n) is 5.54. The molecule has 4 nitrogen and oxygen atoms in total. The first-order valence-corrected chi connectivity index (χ1v) is 12.5. The summed E-state index contributed by atoms with van der Waals surface area (Å²) >= 11 is 0. The molecule has 3 rings (SSSR count). The first-order chi connectivity index (χ1) is 18.5. The Kier molecular flexibility index (Phi) is 12.6. The van der Waals surface area contributed by atoms with E-state index in [2.05, 4.69) is 0 Å². The molecule has 0 atom stereocenters. The summed E-state index contributed by atoms with van der Waals surface area (Å²) in [5.41, 5.74) is 4.83. The van der Waals surface area contributed by atoms with Crippen LogP contribution < -0.4 is 15.2 Å². The number of rotatable bonds is 11. The maximum absolute atomic E-state index is 12.5. The highest BCUT2D eigenvalue weighted by Gasteiger charge is 2.30. The van der Waals surface area contributed by atoms with Crippen LogP contribution in [-0.2, 0) is 23.7 Å². The maximum atomic E-state index is 12.5. The van der Waals surface area contributed by atoms with Crippen LogP contribution in [0.25, 0.3) is 0 Å². The molecule has 0 aliphatic rings. The van der Waals surface area contributed by atoms with Gasteiger partial charge in [-0.05, 0) is 79.9 Å². The Balaban J connectivity index is 0.000000283. The van der Waals surface area contributed by atoms with Gasteiger partial charge in [0.1, 0.15) is 5.75 Å². The summed E-state index contributed by atoms with van der Waals surface area (Å²) in [7, 11) is 0. The lowest BCUT2D eigenvalue weighted by Gasteiger charge is -2.14. The van der Waals surface area contributed by atoms with Gasteiger partial charge in [0.2, 0.25) is 0 Å². The highest BCUT2D eigenvalue weighted by molar-refractivity contribution is 5.43. The second-order valence-corrected chi connectivity index (χ2v) is 8.51. The van der Waals surface area contributed by atoms with Crippen molar-refractivity contribution < 1.29 is 40.6 Å². The highest BCUT2D eigenvalue weighted by atomic mass is 19.4. The fourth-order valence-electron chi connectivity index (χ4n) is 3.29. The van der Waals surface area contributed by atoms with Crippen molar-refractivity contribution in [3.05, 3.63) is 89.5 Å². The number of para-hydroxylation sites is 2. The van der Waals surface area contributed by atoms with E-state index in [-0.39, 0.29) is 6.10 Å². The molecular formula is C29H33F6NO3. The third kappa shape index (κ3) is 11.2. The van der Waals surface area contributed by atoms with Crippen molar-refractivity contribution >= 4 is 0 Å². The molecule has 0 aliphatic carbocycles. The van der Waals surface area contributed by atoms with Gasteiger partial charge >= 0.3 is 12.4 Å². The van der Waals surface area contributed by atoms with Crippen LogP contribution in [0.5, 0.6) is 17.2 Å². The summed E-state index contributed by atoms with van der Waals surface area (Å²) in [5.74, 6) is 1.28. The van der Waals surface area contributed by atoms with E-state index in [0.717, 1.165) is 42.7 Å². The molecule has 0 radical (unpaired) electrons. The maximum Gasteiger partial charge on any atom is 0.416 e. The number of alkyl halides is 6. The lowest BCUT2D eigenvalue weighted by molar-refractivity contribution is -0.138. The molecule has 0 unspecified atom stereocenters. The Morgan fingerprint density at radius 1 is 0.718 bits per heavy atom. The molecule has 3 aromatic rings. The Morgan fingerprint density at radius 3 is 1.72 bits per heavy atom. The zero-order valence-corrected chi connectivity index (χ0v) is 21.8. The summed E-state index contributed by atoms with van der Waals surface area (Å²) in [6.07, 6.45) is -5.92. The van der Waals surface area contributed by atoms with Gasteiger partial charge in [0, 0.05) is 0 Å².